The number of aliphatic imine (C=N–C) groups is 1. The zero-order valence-electron chi connectivity index (χ0n) is 24.9. The lowest BCUT2D eigenvalue weighted by molar-refractivity contribution is -0.139. The maximum atomic E-state index is 13.8. The fraction of sp³-hybridized carbons (Fsp3) is 0.222. The highest BCUT2D eigenvalue weighted by Gasteiger charge is 2.40. The Morgan fingerprint density at radius 2 is 1.69 bits per heavy atom. The quantitative estimate of drug-likeness (QED) is 0.218. The Hall–Kier alpha value is -5.28. The van der Waals surface area contributed by atoms with E-state index in [-0.39, 0.29) is 11.9 Å². The van der Waals surface area contributed by atoms with Gasteiger partial charge < -0.3 is 20.5 Å². The third kappa shape index (κ3) is 6.21. The second-order valence-electron chi connectivity index (χ2n) is 11.2. The van der Waals surface area contributed by atoms with Gasteiger partial charge in [-0.2, -0.15) is 0 Å². The summed E-state index contributed by atoms with van der Waals surface area (Å²) < 4.78 is 5.38. The van der Waals surface area contributed by atoms with Crippen molar-refractivity contribution in [2.24, 2.45) is 4.99 Å². The molecule has 228 valence electrons. The largest absolute Gasteiger partial charge is 0.496 e. The standard InChI is InChI=1S/C36H34N4O5/c1-45-29-20-10-17-26-30(29)35(42)39-32(26)33(36(43)44)38-31(24-14-6-3-7-15-24)25-16-8-9-18-27(25)37-34(41)28-19-11-21-40(28)22-23-12-4-2-5-13-23/h2-10,12-18,20,28,32-33H,11,19,21-22H2,1H3,(H,37,41)(H,39,42)(H,43,44). The fourth-order valence-electron chi connectivity index (χ4n) is 6.21. The molecule has 4 aromatic rings. The molecule has 2 aliphatic rings. The maximum Gasteiger partial charge on any atom is 0.330 e. The minimum Gasteiger partial charge on any atom is -0.496 e. The van der Waals surface area contributed by atoms with Crippen molar-refractivity contribution < 1.29 is 24.2 Å². The van der Waals surface area contributed by atoms with Crippen molar-refractivity contribution in [3.63, 3.8) is 0 Å². The van der Waals surface area contributed by atoms with Gasteiger partial charge in [0.1, 0.15) is 5.75 Å². The third-order valence-corrected chi connectivity index (χ3v) is 8.35. The topological polar surface area (TPSA) is 120 Å². The summed E-state index contributed by atoms with van der Waals surface area (Å²) >= 11 is 0. The molecular weight excluding hydrogens is 568 g/mol. The zero-order chi connectivity index (χ0) is 31.3. The van der Waals surface area contributed by atoms with Crippen molar-refractivity contribution in [1.82, 2.24) is 10.2 Å². The first-order valence-electron chi connectivity index (χ1n) is 15.0. The number of carboxylic acid groups (broad SMARTS) is 1. The molecule has 0 aliphatic carbocycles. The first-order chi connectivity index (χ1) is 21.9. The Balaban J connectivity index is 1.36. The molecule has 0 spiro atoms. The molecule has 3 N–H and O–H groups in total. The van der Waals surface area contributed by atoms with E-state index in [1.54, 1.807) is 24.3 Å². The molecule has 0 bridgehead atoms. The second kappa shape index (κ2) is 13.2. The van der Waals surface area contributed by atoms with Gasteiger partial charge in [-0.05, 0) is 42.6 Å². The molecule has 9 nitrogen and oxygen atoms in total. The van der Waals surface area contributed by atoms with Crippen LogP contribution < -0.4 is 15.4 Å². The van der Waals surface area contributed by atoms with Gasteiger partial charge in [0.15, 0.2) is 6.04 Å². The number of hydrogen-bond acceptors (Lipinski definition) is 6. The van der Waals surface area contributed by atoms with Crippen molar-refractivity contribution in [2.75, 3.05) is 19.0 Å². The molecule has 0 radical (unpaired) electrons. The van der Waals surface area contributed by atoms with Crippen LogP contribution in [0.3, 0.4) is 0 Å². The van der Waals surface area contributed by atoms with Crippen LogP contribution in [0.25, 0.3) is 0 Å². The molecule has 1 saturated heterocycles. The minimum atomic E-state index is -1.36. The summed E-state index contributed by atoms with van der Waals surface area (Å²) in [5.41, 5.74) is 4.11. The lowest BCUT2D eigenvalue weighted by Crippen LogP contribution is -2.39. The third-order valence-electron chi connectivity index (χ3n) is 8.35. The van der Waals surface area contributed by atoms with Crippen molar-refractivity contribution in [2.45, 2.75) is 37.5 Å². The number of hydrogen-bond donors (Lipinski definition) is 3. The number of nitrogens with one attached hydrogen (secondary N) is 2. The molecule has 2 heterocycles. The number of aliphatic carboxylic acids is 1. The molecule has 2 amide bonds. The van der Waals surface area contributed by atoms with E-state index in [0.29, 0.717) is 45.9 Å². The van der Waals surface area contributed by atoms with E-state index in [4.69, 9.17) is 9.73 Å². The van der Waals surface area contributed by atoms with E-state index in [9.17, 15) is 19.5 Å². The number of amides is 2. The summed E-state index contributed by atoms with van der Waals surface area (Å²) in [7, 11) is 1.47. The first kappa shape index (κ1) is 29.8. The Labute approximate surface area is 261 Å². The van der Waals surface area contributed by atoms with Crippen molar-refractivity contribution >= 4 is 29.2 Å². The van der Waals surface area contributed by atoms with Crippen LogP contribution >= 0.6 is 0 Å². The lowest BCUT2D eigenvalue weighted by atomic mass is 9.96. The number of rotatable bonds is 10. The van der Waals surface area contributed by atoms with Crippen LogP contribution in [0.15, 0.2) is 108 Å². The smallest absolute Gasteiger partial charge is 0.330 e. The predicted molar refractivity (Wildman–Crippen MR) is 172 cm³/mol. The summed E-state index contributed by atoms with van der Waals surface area (Å²) in [6.07, 6.45) is 1.66. The number of methoxy groups -OCH3 is 1. The van der Waals surface area contributed by atoms with Crippen molar-refractivity contribution in [1.29, 1.82) is 0 Å². The van der Waals surface area contributed by atoms with Gasteiger partial charge in [-0.3, -0.25) is 19.5 Å². The van der Waals surface area contributed by atoms with Crippen molar-refractivity contribution in [3.05, 3.63) is 131 Å². The summed E-state index contributed by atoms with van der Waals surface area (Å²) in [6.45, 7) is 1.50. The summed E-state index contributed by atoms with van der Waals surface area (Å²) in [5.74, 6) is -1.37. The Kier molecular flexibility index (Phi) is 8.70. The van der Waals surface area contributed by atoms with Gasteiger partial charge in [0, 0.05) is 17.7 Å². The molecule has 4 aromatic carbocycles. The maximum absolute atomic E-state index is 13.8. The Bertz CT molecular complexity index is 1740. The summed E-state index contributed by atoms with van der Waals surface area (Å²) in [5, 5.41) is 16.4. The zero-order valence-corrected chi connectivity index (χ0v) is 24.9. The Morgan fingerprint density at radius 3 is 2.42 bits per heavy atom. The van der Waals surface area contributed by atoms with Gasteiger partial charge in [0.05, 0.1) is 36.2 Å². The number of carbonyl (C=O) groups excluding carboxylic acids is 2. The van der Waals surface area contributed by atoms with E-state index < -0.39 is 24.0 Å². The molecule has 3 atom stereocenters. The van der Waals surface area contributed by atoms with Crippen LogP contribution in [0.5, 0.6) is 5.75 Å². The van der Waals surface area contributed by atoms with Crippen LogP contribution in [-0.4, -0.2) is 59.2 Å². The molecule has 2 aliphatic heterocycles. The average Bonchev–Trinajstić information content (AvgIpc) is 3.67. The number of fused-ring (bicyclic) bond motifs is 1. The highest BCUT2D eigenvalue weighted by Crippen LogP contribution is 2.36. The number of likely N-dealkylation sites (tertiary alicyclic amines) is 1. The Morgan fingerprint density at radius 1 is 0.978 bits per heavy atom. The van der Waals surface area contributed by atoms with E-state index >= 15 is 0 Å². The van der Waals surface area contributed by atoms with Crippen LogP contribution in [0.2, 0.25) is 0 Å². The molecule has 6 rings (SSSR count). The van der Waals surface area contributed by atoms with E-state index in [1.165, 1.54) is 7.11 Å². The number of benzene rings is 4. The number of carboxylic acids is 1. The number of para-hydroxylation sites is 1. The molecule has 3 unspecified atom stereocenters. The van der Waals surface area contributed by atoms with Crippen LogP contribution in [0, 0.1) is 0 Å². The minimum absolute atomic E-state index is 0.123. The summed E-state index contributed by atoms with van der Waals surface area (Å²) in [6, 6.07) is 29.1. The second-order valence-corrected chi connectivity index (χ2v) is 11.2. The predicted octanol–water partition coefficient (Wildman–Crippen LogP) is 5.07. The fourth-order valence-corrected chi connectivity index (χ4v) is 6.21. The molecular formula is C36H34N4O5. The number of ether oxygens (including phenoxy) is 1. The molecule has 9 heteroatoms. The molecule has 1 fully saturated rings. The normalized spacial score (nSPS) is 18.6. The van der Waals surface area contributed by atoms with E-state index in [2.05, 4.69) is 27.7 Å². The first-order valence-corrected chi connectivity index (χ1v) is 15.0. The molecule has 45 heavy (non-hydrogen) atoms. The van der Waals surface area contributed by atoms with E-state index in [1.807, 2.05) is 66.7 Å². The van der Waals surface area contributed by atoms with Gasteiger partial charge in [-0.15, -0.1) is 0 Å². The number of anilines is 1. The van der Waals surface area contributed by atoms with E-state index in [0.717, 1.165) is 24.9 Å². The SMILES string of the molecule is COc1cccc2c1C(=O)NC2C(N=C(c1ccccc1)c1ccccc1NC(=O)C1CCCN1Cc1ccccc1)C(=O)O. The van der Waals surface area contributed by atoms with Gasteiger partial charge >= 0.3 is 5.97 Å². The van der Waals surface area contributed by atoms with Crippen molar-refractivity contribution in [3.8, 4) is 5.75 Å². The van der Waals surface area contributed by atoms with Crippen LogP contribution in [-0.2, 0) is 16.1 Å². The molecule has 0 saturated carbocycles. The highest BCUT2D eigenvalue weighted by atomic mass is 16.5. The monoisotopic (exact) mass is 602 g/mol. The van der Waals surface area contributed by atoms with Crippen LogP contribution in [0.1, 0.15) is 51.5 Å². The lowest BCUT2D eigenvalue weighted by Gasteiger charge is -2.25. The number of nitrogens with zero attached hydrogens (tertiary/aromatic N) is 2. The van der Waals surface area contributed by atoms with Gasteiger partial charge in [-0.25, -0.2) is 4.79 Å². The van der Waals surface area contributed by atoms with Gasteiger partial charge in [0.2, 0.25) is 5.91 Å². The molecule has 0 aromatic heterocycles. The van der Waals surface area contributed by atoms with Gasteiger partial charge in [-0.1, -0.05) is 91.0 Å². The summed E-state index contributed by atoms with van der Waals surface area (Å²) in [4.78, 5) is 46.5. The highest BCUT2D eigenvalue weighted by molar-refractivity contribution is 6.18. The number of carbonyl (C=O) groups is 3. The van der Waals surface area contributed by atoms with Gasteiger partial charge in [0.25, 0.3) is 5.91 Å². The van der Waals surface area contributed by atoms with Crippen LogP contribution in [0.4, 0.5) is 5.69 Å². The average molecular weight is 603 g/mol.